The lowest BCUT2D eigenvalue weighted by atomic mass is 10.0. The third-order valence-electron chi connectivity index (χ3n) is 3.95. The van der Waals surface area contributed by atoms with Crippen molar-refractivity contribution in [3.8, 4) is 0 Å². The van der Waals surface area contributed by atoms with Crippen molar-refractivity contribution in [2.75, 3.05) is 11.1 Å². The van der Waals surface area contributed by atoms with Crippen molar-refractivity contribution in [3.63, 3.8) is 0 Å². The first-order chi connectivity index (χ1) is 10.4. The maximum absolute atomic E-state index is 4.43. The second-order valence-corrected chi connectivity index (χ2v) is 6.32. The van der Waals surface area contributed by atoms with Crippen molar-refractivity contribution < 1.29 is 0 Å². The quantitative estimate of drug-likeness (QED) is 0.745. The molecular weight excluding hydrogens is 276 g/mol. The fraction of sp³-hybridized carbons (Fsp3) is 0.167. The Bertz CT molecular complexity index is 780. The third-order valence-corrected chi connectivity index (χ3v) is 5.03. The summed E-state index contributed by atoms with van der Waals surface area (Å²) < 4.78 is 0. The van der Waals surface area contributed by atoms with E-state index in [1.54, 1.807) is 0 Å². The van der Waals surface area contributed by atoms with E-state index in [0.29, 0.717) is 6.04 Å². The molecule has 1 aliphatic heterocycles. The Morgan fingerprint density at radius 3 is 2.95 bits per heavy atom. The fourth-order valence-electron chi connectivity index (χ4n) is 2.92. The molecule has 0 saturated heterocycles. The standard InChI is InChI=1S/C18H16N2S/c1-2-6-14-13(5-1)11-21-12-18(14)20-17-9-3-8-16-15(17)7-4-10-19-16/h1-10,18,20H,11-12H2. The van der Waals surface area contributed by atoms with E-state index >= 15 is 0 Å². The summed E-state index contributed by atoms with van der Waals surface area (Å²) in [5.74, 6) is 2.22. The first kappa shape index (κ1) is 12.7. The van der Waals surface area contributed by atoms with E-state index in [0.717, 1.165) is 17.0 Å². The molecule has 0 bridgehead atoms. The Hall–Kier alpha value is -2.00. The highest BCUT2D eigenvalue weighted by atomic mass is 32.2. The molecule has 0 fully saturated rings. The number of pyridine rings is 1. The topological polar surface area (TPSA) is 24.9 Å². The van der Waals surface area contributed by atoms with Crippen LogP contribution in [0.4, 0.5) is 5.69 Å². The van der Waals surface area contributed by atoms with Crippen LogP contribution in [0.15, 0.2) is 60.8 Å². The number of nitrogens with zero attached hydrogens (tertiary/aromatic N) is 1. The Kier molecular flexibility index (Phi) is 3.28. The van der Waals surface area contributed by atoms with Crippen molar-refractivity contribution in [2.24, 2.45) is 0 Å². The van der Waals surface area contributed by atoms with Crippen LogP contribution in [0.25, 0.3) is 10.9 Å². The molecule has 2 heterocycles. The van der Waals surface area contributed by atoms with Gasteiger partial charge in [-0.3, -0.25) is 4.98 Å². The number of benzene rings is 2. The molecule has 4 rings (SSSR count). The lowest BCUT2D eigenvalue weighted by Crippen LogP contribution is -2.18. The van der Waals surface area contributed by atoms with Crippen molar-refractivity contribution in [1.82, 2.24) is 4.98 Å². The van der Waals surface area contributed by atoms with E-state index in [4.69, 9.17) is 0 Å². The second-order valence-electron chi connectivity index (χ2n) is 5.29. The van der Waals surface area contributed by atoms with Crippen LogP contribution in [-0.4, -0.2) is 10.7 Å². The van der Waals surface area contributed by atoms with Gasteiger partial charge >= 0.3 is 0 Å². The van der Waals surface area contributed by atoms with Gasteiger partial charge in [0.25, 0.3) is 0 Å². The number of aromatic nitrogens is 1. The summed E-state index contributed by atoms with van der Waals surface area (Å²) in [6.45, 7) is 0. The van der Waals surface area contributed by atoms with Gasteiger partial charge in [0.2, 0.25) is 0 Å². The van der Waals surface area contributed by atoms with Crippen LogP contribution in [-0.2, 0) is 5.75 Å². The van der Waals surface area contributed by atoms with Crippen molar-refractivity contribution in [2.45, 2.75) is 11.8 Å². The van der Waals surface area contributed by atoms with Crippen molar-refractivity contribution >= 4 is 28.4 Å². The predicted octanol–water partition coefficient (Wildman–Crippen LogP) is 4.63. The number of fused-ring (bicyclic) bond motifs is 2. The van der Waals surface area contributed by atoms with Gasteiger partial charge in [-0.15, -0.1) is 0 Å². The molecule has 0 spiro atoms. The predicted molar refractivity (Wildman–Crippen MR) is 90.7 cm³/mol. The highest BCUT2D eigenvalue weighted by molar-refractivity contribution is 7.98. The number of nitrogens with one attached hydrogen (secondary N) is 1. The van der Waals surface area contributed by atoms with E-state index in [2.05, 4.69) is 58.8 Å². The highest BCUT2D eigenvalue weighted by Crippen LogP contribution is 2.35. The molecule has 2 nitrogen and oxygen atoms in total. The number of hydrogen-bond acceptors (Lipinski definition) is 3. The molecule has 0 saturated carbocycles. The van der Waals surface area contributed by atoms with Crippen molar-refractivity contribution in [3.05, 3.63) is 71.9 Å². The minimum atomic E-state index is 0.366. The normalized spacial score (nSPS) is 17.4. The van der Waals surface area contributed by atoms with Crippen LogP contribution in [0, 0.1) is 0 Å². The molecule has 0 aliphatic carbocycles. The Morgan fingerprint density at radius 1 is 1.00 bits per heavy atom. The minimum absolute atomic E-state index is 0.366. The number of rotatable bonds is 2. The lowest BCUT2D eigenvalue weighted by molar-refractivity contribution is 0.873. The first-order valence-corrected chi connectivity index (χ1v) is 8.33. The maximum Gasteiger partial charge on any atom is 0.0722 e. The van der Waals surface area contributed by atoms with Crippen LogP contribution in [0.2, 0.25) is 0 Å². The summed E-state index contributed by atoms with van der Waals surface area (Å²) in [4.78, 5) is 4.43. The van der Waals surface area contributed by atoms with E-state index in [-0.39, 0.29) is 0 Å². The lowest BCUT2D eigenvalue weighted by Gasteiger charge is -2.27. The van der Waals surface area contributed by atoms with Gasteiger partial charge in [0.15, 0.2) is 0 Å². The number of anilines is 1. The molecule has 2 aromatic carbocycles. The zero-order valence-electron chi connectivity index (χ0n) is 11.6. The molecule has 1 aliphatic rings. The van der Waals surface area contributed by atoms with Gasteiger partial charge in [-0.1, -0.05) is 30.3 Å². The molecule has 1 N–H and O–H groups in total. The summed E-state index contributed by atoms with van der Waals surface area (Å²) in [6.07, 6.45) is 1.85. The number of hydrogen-bond donors (Lipinski definition) is 1. The Balaban J connectivity index is 1.73. The highest BCUT2D eigenvalue weighted by Gasteiger charge is 2.20. The molecule has 3 heteroatoms. The zero-order chi connectivity index (χ0) is 14.1. The molecule has 1 atom stereocenters. The van der Waals surface area contributed by atoms with Gasteiger partial charge in [0.05, 0.1) is 11.6 Å². The van der Waals surface area contributed by atoms with Crippen LogP contribution < -0.4 is 5.32 Å². The van der Waals surface area contributed by atoms with Gasteiger partial charge in [-0.25, -0.2) is 0 Å². The van der Waals surface area contributed by atoms with Crippen LogP contribution in [0.1, 0.15) is 17.2 Å². The largest absolute Gasteiger partial charge is 0.377 e. The smallest absolute Gasteiger partial charge is 0.0722 e. The van der Waals surface area contributed by atoms with Crippen molar-refractivity contribution in [1.29, 1.82) is 0 Å². The second kappa shape index (κ2) is 5.41. The van der Waals surface area contributed by atoms with Crippen LogP contribution in [0.5, 0.6) is 0 Å². The van der Waals surface area contributed by atoms with Gasteiger partial charge in [0.1, 0.15) is 0 Å². The average molecular weight is 292 g/mol. The van der Waals surface area contributed by atoms with Gasteiger partial charge in [-0.2, -0.15) is 11.8 Å². The molecule has 21 heavy (non-hydrogen) atoms. The van der Waals surface area contributed by atoms with E-state index in [1.807, 2.05) is 24.0 Å². The average Bonchev–Trinajstić information content (AvgIpc) is 2.56. The van der Waals surface area contributed by atoms with E-state index < -0.39 is 0 Å². The zero-order valence-corrected chi connectivity index (χ0v) is 12.4. The Morgan fingerprint density at radius 2 is 1.95 bits per heavy atom. The molecule has 0 radical (unpaired) electrons. The van der Waals surface area contributed by atoms with E-state index in [9.17, 15) is 0 Å². The number of thioether (sulfide) groups is 1. The third kappa shape index (κ3) is 2.38. The summed E-state index contributed by atoms with van der Waals surface area (Å²) in [7, 11) is 0. The van der Waals surface area contributed by atoms with Crippen LogP contribution in [0.3, 0.4) is 0 Å². The maximum atomic E-state index is 4.43. The van der Waals surface area contributed by atoms with Gasteiger partial charge in [0, 0.05) is 28.8 Å². The Labute approximate surface area is 128 Å². The molecule has 0 amide bonds. The monoisotopic (exact) mass is 292 g/mol. The fourth-order valence-corrected chi connectivity index (χ4v) is 4.02. The van der Waals surface area contributed by atoms with Crippen LogP contribution >= 0.6 is 11.8 Å². The molecule has 104 valence electrons. The molecule has 3 aromatic rings. The summed E-state index contributed by atoms with van der Waals surface area (Å²) >= 11 is 1.99. The minimum Gasteiger partial charge on any atom is -0.377 e. The molecular formula is C18H16N2S. The summed E-state index contributed by atoms with van der Waals surface area (Å²) in [5.41, 5.74) is 5.09. The first-order valence-electron chi connectivity index (χ1n) is 7.18. The SMILES string of the molecule is c1ccc2c(c1)CSCC2Nc1cccc2ncccc12. The summed E-state index contributed by atoms with van der Waals surface area (Å²) in [5, 5.41) is 4.91. The van der Waals surface area contributed by atoms with E-state index in [1.165, 1.54) is 22.2 Å². The molecule has 1 aromatic heterocycles. The molecule has 1 unspecified atom stereocenters. The summed E-state index contributed by atoms with van der Waals surface area (Å²) in [6, 6.07) is 19.5. The van der Waals surface area contributed by atoms with Gasteiger partial charge < -0.3 is 5.32 Å². The van der Waals surface area contributed by atoms with Gasteiger partial charge in [-0.05, 0) is 35.4 Å².